The van der Waals surface area contributed by atoms with Gasteiger partial charge in [0.2, 0.25) is 11.8 Å². The summed E-state index contributed by atoms with van der Waals surface area (Å²) in [6, 6.07) is 14.9. The van der Waals surface area contributed by atoms with Crippen molar-refractivity contribution in [2.45, 2.75) is 45.4 Å². The highest BCUT2D eigenvalue weighted by Crippen LogP contribution is 2.30. The summed E-state index contributed by atoms with van der Waals surface area (Å²) >= 11 is 0. The quantitative estimate of drug-likeness (QED) is 0.752. The number of rotatable bonds is 5. The van der Waals surface area contributed by atoms with Gasteiger partial charge in [0.1, 0.15) is 5.75 Å². The molecule has 2 aromatic rings. The number of hydrogen-bond acceptors (Lipinski definition) is 4. The number of phenolic OH excluding ortho intramolecular Hbond substituents is 1. The van der Waals surface area contributed by atoms with Crippen molar-refractivity contribution in [3.63, 3.8) is 0 Å². The molecule has 2 amide bonds. The van der Waals surface area contributed by atoms with E-state index in [9.17, 15) is 14.7 Å². The Labute approximate surface area is 171 Å². The van der Waals surface area contributed by atoms with Crippen molar-refractivity contribution in [1.29, 1.82) is 0 Å². The number of anilines is 1. The van der Waals surface area contributed by atoms with Crippen molar-refractivity contribution in [3.8, 4) is 5.75 Å². The SMILES string of the molecule is CC(C)(C)c1ccc(O)c(NC(=O)CCC(=O)N2CCC(c3ccccc3)=N2)c1. The van der Waals surface area contributed by atoms with Crippen molar-refractivity contribution in [1.82, 2.24) is 5.01 Å². The molecule has 2 aromatic carbocycles. The molecule has 6 nitrogen and oxygen atoms in total. The fourth-order valence-electron chi connectivity index (χ4n) is 3.14. The first-order valence-corrected chi connectivity index (χ1v) is 9.80. The molecule has 0 bridgehead atoms. The number of nitrogens with one attached hydrogen (secondary N) is 1. The lowest BCUT2D eigenvalue weighted by Gasteiger charge is -2.20. The Balaban J connectivity index is 1.56. The first-order valence-electron chi connectivity index (χ1n) is 9.80. The first-order chi connectivity index (χ1) is 13.7. The molecule has 0 saturated heterocycles. The van der Waals surface area contributed by atoms with Crippen LogP contribution in [0, 0.1) is 0 Å². The van der Waals surface area contributed by atoms with E-state index in [4.69, 9.17) is 0 Å². The standard InChI is InChI=1S/C23H27N3O3/c1-23(2,3)17-9-10-20(27)19(15-17)24-21(28)11-12-22(29)26-14-13-18(25-26)16-7-5-4-6-8-16/h4-10,15,27H,11-14H2,1-3H3,(H,24,28). The zero-order chi connectivity index (χ0) is 21.0. The summed E-state index contributed by atoms with van der Waals surface area (Å²) in [6.45, 7) is 6.71. The van der Waals surface area contributed by atoms with E-state index in [1.807, 2.05) is 36.4 Å². The molecule has 1 aliphatic heterocycles. The van der Waals surface area contributed by atoms with Crippen molar-refractivity contribution in [2.75, 3.05) is 11.9 Å². The first kappa shape index (κ1) is 20.6. The number of carbonyl (C=O) groups excluding carboxylic acids is 2. The summed E-state index contributed by atoms with van der Waals surface area (Å²) in [6.07, 6.45) is 0.803. The predicted molar refractivity (Wildman–Crippen MR) is 114 cm³/mol. The van der Waals surface area contributed by atoms with Gasteiger partial charge in [0, 0.05) is 19.3 Å². The number of hydrazone groups is 1. The molecule has 2 N–H and O–H groups in total. The molecule has 152 valence electrons. The van der Waals surface area contributed by atoms with E-state index in [1.165, 1.54) is 5.01 Å². The largest absolute Gasteiger partial charge is 0.506 e. The topological polar surface area (TPSA) is 82.0 Å². The van der Waals surface area contributed by atoms with E-state index < -0.39 is 0 Å². The number of amides is 2. The molecule has 1 aliphatic rings. The van der Waals surface area contributed by atoms with Crippen LogP contribution in [-0.4, -0.2) is 34.2 Å². The van der Waals surface area contributed by atoms with Gasteiger partial charge in [-0.1, -0.05) is 57.2 Å². The summed E-state index contributed by atoms with van der Waals surface area (Å²) in [5.41, 5.74) is 3.15. The second kappa shape index (κ2) is 8.47. The molecule has 6 heteroatoms. The second-order valence-corrected chi connectivity index (χ2v) is 8.21. The summed E-state index contributed by atoms with van der Waals surface area (Å²) in [7, 11) is 0. The maximum atomic E-state index is 12.4. The van der Waals surface area contributed by atoms with Crippen molar-refractivity contribution >= 4 is 23.2 Å². The molecule has 0 atom stereocenters. The number of benzene rings is 2. The third-order valence-electron chi connectivity index (χ3n) is 4.90. The molecule has 0 unspecified atom stereocenters. The fourth-order valence-corrected chi connectivity index (χ4v) is 3.14. The third kappa shape index (κ3) is 5.22. The van der Waals surface area contributed by atoms with E-state index in [0.29, 0.717) is 18.7 Å². The van der Waals surface area contributed by atoms with Crippen LogP contribution in [0.3, 0.4) is 0 Å². The fraction of sp³-hybridized carbons (Fsp3) is 0.348. The Morgan fingerprint density at radius 3 is 2.52 bits per heavy atom. The summed E-state index contributed by atoms with van der Waals surface area (Å²) in [4.78, 5) is 24.7. The van der Waals surface area contributed by atoms with Crippen molar-refractivity contribution in [3.05, 3.63) is 59.7 Å². The van der Waals surface area contributed by atoms with Crippen molar-refractivity contribution < 1.29 is 14.7 Å². The van der Waals surface area contributed by atoms with Gasteiger partial charge < -0.3 is 10.4 Å². The van der Waals surface area contributed by atoms with Crippen LogP contribution < -0.4 is 5.32 Å². The Morgan fingerprint density at radius 2 is 1.83 bits per heavy atom. The number of nitrogens with zero attached hydrogens (tertiary/aromatic N) is 2. The zero-order valence-electron chi connectivity index (χ0n) is 17.1. The highest BCUT2D eigenvalue weighted by molar-refractivity contribution is 6.03. The Bertz CT molecular complexity index is 930. The van der Waals surface area contributed by atoms with E-state index >= 15 is 0 Å². The van der Waals surface area contributed by atoms with E-state index in [-0.39, 0.29) is 35.8 Å². The molecule has 0 fully saturated rings. The van der Waals surface area contributed by atoms with Crippen molar-refractivity contribution in [2.24, 2.45) is 5.10 Å². The van der Waals surface area contributed by atoms with Crippen LogP contribution in [-0.2, 0) is 15.0 Å². The van der Waals surface area contributed by atoms with E-state index in [0.717, 1.165) is 16.8 Å². The average Bonchev–Trinajstić information content (AvgIpc) is 3.18. The van der Waals surface area contributed by atoms with Crippen LogP contribution in [0.5, 0.6) is 5.75 Å². The predicted octanol–water partition coefficient (Wildman–Crippen LogP) is 4.05. The normalized spacial score (nSPS) is 13.9. The van der Waals surface area contributed by atoms with Crippen LogP contribution in [0.2, 0.25) is 0 Å². The lowest BCUT2D eigenvalue weighted by Crippen LogP contribution is -2.25. The highest BCUT2D eigenvalue weighted by Gasteiger charge is 2.22. The minimum absolute atomic E-state index is 0.00863. The van der Waals surface area contributed by atoms with Gasteiger partial charge in [-0.25, -0.2) is 5.01 Å². The molecule has 3 rings (SSSR count). The number of carbonyl (C=O) groups is 2. The number of phenols is 1. The van der Waals surface area contributed by atoms with Crippen LogP contribution in [0.1, 0.15) is 51.2 Å². The maximum Gasteiger partial charge on any atom is 0.243 e. The summed E-state index contributed by atoms with van der Waals surface area (Å²) in [5.74, 6) is -0.487. The van der Waals surface area contributed by atoms with Crippen LogP contribution >= 0.6 is 0 Å². The van der Waals surface area contributed by atoms with E-state index in [2.05, 4.69) is 31.2 Å². The Morgan fingerprint density at radius 1 is 1.10 bits per heavy atom. The molecule has 0 aliphatic carbocycles. The Kier molecular flexibility index (Phi) is 6.01. The van der Waals surface area contributed by atoms with Gasteiger partial charge >= 0.3 is 0 Å². The monoisotopic (exact) mass is 393 g/mol. The van der Waals surface area contributed by atoms with Gasteiger partial charge in [0.25, 0.3) is 0 Å². The zero-order valence-corrected chi connectivity index (χ0v) is 17.1. The average molecular weight is 393 g/mol. The van der Waals surface area contributed by atoms with E-state index in [1.54, 1.807) is 12.1 Å². The molecule has 0 saturated carbocycles. The lowest BCUT2D eigenvalue weighted by atomic mass is 9.87. The van der Waals surface area contributed by atoms with Crippen LogP contribution in [0.4, 0.5) is 5.69 Å². The third-order valence-corrected chi connectivity index (χ3v) is 4.90. The lowest BCUT2D eigenvalue weighted by molar-refractivity contribution is -0.132. The molecule has 0 aromatic heterocycles. The van der Waals surface area contributed by atoms with Gasteiger partial charge in [-0.2, -0.15) is 5.10 Å². The number of aromatic hydroxyl groups is 1. The van der Waals surface area contributed by atoms with Gasteiger partial charge in [0.05, 0.1) is 17.9 Å². The molecule has 1 heterocycles. The highest BCUT2D eigenvalue weighted by atomic mass is 16.3. The summed E-state index contributed by atoms with van der Waals surface area (Å²) < 4.78 is 0. The van der Waals surface area contributed by atoms with Gasteiger partial charge in [0.15, 0.2) is 0 Å². The summed E-state index contributed by atoms with van der Waals surface area (Å²) in [5, 5.41) is 18.6. The minimum Gasteiger partial charge on any atom is -0.506 e. The van der Waals surface area contributed by atoms with Gasteiger partial charge in [-0.3, -0.25) is 9.59 Å². The minimum atomic E-state index is -0.314. The van der Waals surface area contributed by atoms with Crippen LogP contribution in [0.25, 0.3) is 0 Å². The molecule has 0 spiro atoms. The maximum absolute atomic E-state index is 12.4. The molecular formula is C23H27N3O3. The second-order valence-electron chi connectivity index (χ2n) is 8.21. The Hall–Kier alpha value is -3.15. The molecule has 0 radical (unpaired) electrons. The van der Waals surface area contributed by atoms with Gasteiger partial charge in [-0.15, -0.1) is 0 Å². The van der Waals surface area contributed by atoms with Crippen LogP contribution in [0.15, 0.2) is 53.6 Å². The molecular weight excluding hydrogens is 366 g/mol. The van der Waals surface area contributed by atoms with Gasteiger partial charge in [-0.05, 0) is 28.7 Å². The number of hydrogen-bond donors (Lipinski definition) is 2. The molecule has 29 heavy (non-hydrogen) atoms. The smallest absolute Gasteiger partial charge is 0.243 e.